The van der Waals surface area contributed by atoms with Gasteiger partial charge in [0, 0.05) is 50.2 Å². The summed E-state index contributed by atoms with van der Waals surface area (Å²) in [5, 5.41) is 11.1. The summed E-state index contributed by atoms with van der Waals surface area (Å²) in [6, 6.07) is 12.0. The second kappa shape index (κ2) is 10.8. The maximum atomic E-state index is 12.7. The van der Waals surface area contributed by atoms with Gasteiger partial charge in [0.2, 0.25) is 11.8 Å². The molecule has 2 aliphatic heterocycles. The van der Waals surface area contributed by atoms with E-state index in [1.807, 2.05) is 35.4 Å². The Kier molecular flexibility index (Phi) is 7.63. The number of anilines is 2. The fourth-order valence-corrected chi connectivity index (χ4v) is 4.92. The molecule has 7 nitrogen and oxygen atoms in total. The van der Waals surface area contributed by atoms with E-state index in [-0.39, 0.29) is 17.7 Å². The molecule has 2 aromatic rings. The van der Waals surface area contributed by atoms with Crippen LogP contribution in [0.15, 0.2) is 42.6 Å². The second-order valence-electron chi connectivity index (χ2n) is 8.52. The van der Waals surface area contributed by atoms with Gasteiger partial charge in [-0.2, -0.15) is 16.9 Å². The van der Waals surface area contributed by atoms with Gasteiger partial charge in [-0.25, -0.2) is 0 Å². The zero-order valence-corrected chi connectivity index (χ0v) is 19.4. The largest absolute Gasteiger partial charge is 0.354 e. The van der Waals surface area contributed by atoms with Crippen LogP contribution in [-0.2, 0) is 9.59 Å². The van der Waals surface area contributed by atoms with Crippen LogP contribution in [0, 0.1) is 5.92 Å². The first-order valence-corrected chi connectivity index (χ1v) is 12.7. The number of carbonyl (C=O) groups is 2. The van der Waals surface area contributed by atoms with Gasteiger partial charge in [-0.15, -0.1) is 5.10 Å². The average molecular weight is 454 g/mol. The van der Waals surface area contributed by atoms with Crippen molar-refractivity contribution in [3.8, 4) is 0 Å². The number of thioether (sulfide) groups is 1. The first-order valence-electron chi connectivity index (χ1n) is 11.3. The van der Waals surface area contributed by atoms with Crippen molar-refractivity contribution in [2.45, 2.75) is 31.6 Å². The fourth-order valence-electron chi connectivity index (χ4n) is 4.54. The lowest BCUT2D eigenvalue weighted by Gasteiger charge is -2.32. The van der Waals surface area contributed by atoms with Crippen LogP contribution in [0.2, 0.25) is 0 Å². The molecule has 170 valence electrons. The highest BCUT2D eigenvalue weighted by Crippen LogP contribution is 2.29. The molecule has 0 spiro atoms. The first-order chi connectivity index (χ1) is 15.6. The summed E-state index contributed by atoms with van der Waals surface area (Å²) in [7, 11) is 0. The second-order valence-corrected chi connectivity index (χ2v) is 9.51. The van der Waals surface area contributed by atoms with E-state index >= 15 is 0 Å². The lowest BCUT2D eigenvalue weighted by molar-refractivity contribution is -0.131. The van der Waals surface area contributed by atoms with Crippen LogP contribution in [0.25, 0.3) is 0 Å². The molecule has 1 N–H and O–H groups in total. The maximum absolute atomic E-state index is 12.7. The molecule has 2 saturated heterocycles. The molecule has 32 heavy (non-hydrogen) atoms. The summed E-state index contributed by atoms with van der Waals surface area (Å²) in [6.07, 6.45) is 7.14. The zero-order valence-electron chi connectivity index (χ0n) is 18.6. The number of hydrogen-bond donors (Lipinski definition) is 1. The highest BCUT2D eigenvalue weighted by molar-refractivity contribution is 7.98. The Bertz CT molecular complexity index is 900. The van der Waals surface area contributed by atoms with E-state index < -0.39 is 0 Å². The SMILES string of the molecule is CSCCC(=O)N1CCC(c2ccc(NC(=O)C3CCN(c4cccnn4)C3)cc2)CC1. The molecule has 0 bridgehead atoms. The van der Waals surface area contributed by atoms with Gasteiger partial charge in [0.05, 0.1) is 5.92 Å². The van der Waals surface area contributed by atoms with Gasteiger partial charge in [-0.05, 0) is 61.3 Å². The van der Waals surface area contributed by atoms with Crippen molar-refractivity contribution in [3.05, 3.63) is 48.2 Å². The smallest absolute Gasteiger partial charge is 0.229 e. The highest BCUT2D eigenvalue weighted by atomic mass is 32.2. The molecule has 1 aromatic carbocycles. The number of amides is 2. The van der Waals surface area contributed by atoms with Crippen molar-refractivity contribution >= 4 is 35.1 Å². The number of piperidine rings is 1. The topological polar surface area (TPSA) is 78.4 Å². The molecule has 0 radical (unpaired) electrons. The Morgan fingerprint density at radius 3 is 2.56 bits per heavy atom. The number of benzene rings is 1. The Labute approximate surface area is 194 Å². The van der Waals surface area contributed by atoms with Crippen molar-refractivity contribution in [1.29, 1.82) is 0 Å². The van der Waals surface area contributed by atoms with Crippen molar-refractivity contribution < 1.29 is 9.59 Å². The minimum atomic E-state index is -0.0512. The van der Waals surface area contributed by atoms with E-state index in [1.165, 1.54) is 5.56 Å². The number of likely N-dealkylation sites (tertiary alicyclic amines) is 1. The minimum absolute atomic E-state index is 0.0512. The van der Waals surface area contributed by atoms with Gasteiger partial charge in [-0.1, -0.05) is 12.1 Å². The summed E-state index contributed by atoms with van der Waals surface area (Å²) in [5.74, 6) is 2.47. The highest BCUT2D eigenvalue weighted by Gasteiger charge is 2.29. The molecule has 0 saturated carbocycles. The normalized spacial score (nSPS) is 19.2. The Morgan fingerprint density at radius 1 is 1.09 bits per heavy atom. The molecule has 1 unspecified atom stereocenters. The molecular weight excluding hydrogens is 422 g/mol. The van der Waals surface area contributed by atoms with Gasteiger partial charge in [-0.3, -0.25) is 9.59 Å². The van der Waals surface area contributed by atoms with Crippen LogP contribution in [0.4, 0.5) is 11.5 Å². The predicted octanol–water partition coefficient (Wildman–Crippen LogP) is 3.40. The van der Waals surface area contributed by atoms with E-state index in [0.717, 1.165) is 56.2 Å². The van der Waals surface area contributed by atoms with Crippen LogP contribution in [0.5, 0.6) is 0 Å². The van der Waals surface area contributed by atoms with Crippen LogP contribution in [-0.4, -0.2) is 65.1 Å². The maximum Gasteiger partial charge on any atom is 0.229 e. The molecule has 0 aliphatic carbocycles. The van der Waals surface area contributed by atoms with Crippen molar-refractivity contribution in [2.75, 3.05) is 48.4 Å². The van der Waals surface area contributed by atoms with E-state index in [4.69, 9.17) is 0 Å². The molecule has 8 heteroatoms. The molecule has 2 amide bonds. The third kappa shape index (κ3) is 5.59. The standard InChI is InChI=1S/C24H31N5O2S/c1-32-16-11-23(30)28-13-8-19(9-14-28)18-4-6-21(7-5-18)26-24(31)20-10-15-29(17-20)22-3-2-12-25-27-22/h2-7,12,19-20H,8-11,13-17H2,1H3,(H,26,31). The fraction of sp³-hybridized carbons (Fsp3) is 0.500. The molecule has 1 aromatic heterocycles. The summed E-state index contributed by atoms with van der Waals surface area (Å²) < 4.78 is 0. The van der Waals surface area contributed by atoms with Crippen LogP contribution in [0.3, 0.4) is 0 Å². The van der Waals surface area contributed by atoms with Gasteiger partial charge < -0.3 is 15.1 Å². The molecule has 3 heterocycles. The summed E-state index contributed by atoms with van der Waals surface area (Å²) in [6.45, 7) is 3.14. The van der Waals surface area contributed by atoms with E-state index in [1.54, 1.807) is 18.0 Å². The van der Waals surface area contributed by atoms with E-state index in [2.05, 4.69) is 32.5 Å². The van der Waals surface area contributed by atoms with E-state index in [0.29, 0.717) is 18.9 Å². The first kappa shape index (κ1) is 22.6. The molecule has 2 fully saturated rings. The van der Waals surface area contributed by atoms with Crippen LogP contribution < -0.4 is 10.2 Å². The number of hydrogen-bond acceptors (Lipinski definition) is 6. The third-order valence-electron chi connectivity index (χ3n) is 6.46. The van der Waals surface area contributed by atoms with Crippen molar-refractivity contribution in [1.82, 2.24) is 15.1 Å². The Balaban J connectivity index is 1.25. The summed E-state index contributed by atoms with van der Waals surface area (Å²) in [5.41, 5.74) is 2.12. The van der Waals surface area contributed by atoms with Crippen LogP contribution >= 0.6 is 11.8 Å². The lowest BCUT2D eigenvalue weighted by Crippen LogP contribution is -2.38. The summed E-state index contributed by atoms with van der Waals surface area (Å²) in [4.78, 5) is 29.1. The summed E-state index contributed by atoms with van der Waals surface area (Å²) >= 11 is 1.72. The zero-order chi connectivity index (χ0) is 22.3. The molecular formula is C24H31N5O2S. The number of rotatable bonds is 7. The quantitative estimate of drug-likeness (QED) is 0.692. The number of carbonyl (C=O) groups excluding carboxylic acids is 2. The number of nitrogens with one attached hydrogen (secondary N) is 1. The van der Waals surface area contributed by atoms with Gasteiger partial charge in [0.15, 0.2) is 5.82 Å². The van der Waals surface area contributed by atoms with Gasteiger partial charge in [0.1, 0.15) is 0 Å². The van der Waals surface area contributed by atoms with Gasteiger partial charge in [0.25, 0.3) is 0 Å². The van der Waals surface area contributed by atoms with Crippen molar-refractivity contribution in [3.63, 3.8) is 0 Å². The average Bonchev–Trinajstić information content (AvgIpc) is 3.34. The monoisotopic (exact) mass is 453 g/mol. The third-order valence-corrected chi connectivity index (χ3v) is 7.07. The minimum Gasteiger partial charge on any atom is -0.354 e. The predicted molar refractivity (Wildman–Crippen MR) is 129 cm³/mol. The number of nitrogens with zero attached hydrogens (tertiary/aromatic N) is 4. The van der Waals surface area contributed by atoms with Gasteiger partial charge >= 0.3 is 0 Å². The molecule has 2 aliphatic rings. The molecule has 4 rings (SSSR count). The lowest BCUT2D eigenvalue weighted by atomic mass is 9.89. The van der Waals surface area contributed by atoms with E-state index in [9.17, 15) is 9.59 Å². The van der Waals surface area contributed by atoms with Crippen LogP contribution in [0.1, 0.15) is 37.2 Å². The molecule has 1 atom stereocenters. The Hall–Kier alpha value is -2.61. The van der Waals surface area contributed by atoms with Crippen molar-refractivity contribution in [2.24, 2.45) is 5.92 Å². The number of aromatic nitrogens is 2. The Morgan fingerprint density at radius 2 is 1.88 bits per heavy atom.